The van der Waals surface area contributed by atoms with Gasteiger partial charge in [-0.15, -0.1) is 0 Å². The van der Waals surface area contributed by atoms with E-state index in [9.17, 15) is 67.7 Å². The van der Waals surface area contributed by atoms with E-state index >= 15 is 9.59 Å². The highest BCUT2D eigenvalue weighted by atomic mass is 35.5. The third kappa shape index (κ3) is 28.0. The van der Waals surface area contributed by atoms with Crippen LogP contribution in [0.5, 0.6) is 0 Å². The second-order valence-electron chi connectivity index (χ2n) is 28.3. The van der Waals surface area contributed by atoms with Gasteiger partial charge >= 0.3 is 5.97 Å². The van der Waals surface area contributed by atoms with Crippen molar-refractivity contribution >= 4 is 117 Å². The van der Waals surface area contributed by atoms with Gasteiger partial charge < -0.3 is 84.2 Å². The first kappa shape index (κ1) is 87.5. The first-order valence-corrected chi connectivity index (χ1v) is 37.4. The number of carboxylic acids is 1. The second-order valence-corrected chi connectivity index (χ2v) is 28.8. The molecule has 1 aliphatic rings. The Kier molecular flexibility index (Phi) is 33.6. The maximum atomic E-state index is 15.3. The molecule has 10 atom stereocenters. The lowest BCUT2D eigenvalue weighted by Gasteiger charge is -2.31. The van der Waals surface area contributed by atoms with Gasteiger partial charge in [-0.1, -0.05) is 112 Å². The zero-order chi connectivity index (χ0) is 81.7. The molecule has 0 aliphatic carbocycles. The Morgan fingerprint density at radius 2 is 0.982 bits per heavy atom. The predicted molar refractivity (Wildman–Crippen MR) is 418 cm³/mol. The molecule has 15 N–H and O–H groups in total. The van der Waals surface area contributed by atoms with Crippen molar-refractivity contribution in [2.24, 2.45) is 5.92 Å². The van der Waals surface area contributed by atoms with E-state index in [1.807, 2.05) is 26.0 Å². The number of hydrogen-bond acceptors (Lipinski definition) is 17. The van der Waals surface area contributed by atoms with E-state index < -0.39 is 138 Å². The molecule has 7 rings (SSSR count). The van der Waals surface area contributed by atoms with E-state index in [0.717, 1.165) is 12.3 Å². The van der Waals surface area contributed by atoms with Crippen molar-refractivity contribution in [3.05, 3.63) is 173 Å². The Hall–Kier alpha value is -11.7. The van der Waals surface area contributed by atoms with E-state index in [1.165, 1.54) is 56.3 Å². The summed E-state index contributed by atoms with van der Waals surface area (Å²) in [5, 5.41) is 57.3. The van der Waals surface area contributed by atoms with Crippen molar-refractivity contribution < 1.29 is 77.3 Å². The van der Waals surface area contributed by atoms with E-state index in [0.29, 0.717) is 69.8 Å². The van der Waals surface area contributed by atoms with Gasteiger partial charge in [0.05, 0.1) is 6.61 Å². The lowest BCUT2D eigenvalue weighted by atomic mass is 9.99. The maximum absolute atomic E-state index is 15.3. The van der Waals surface area contributed by atoms with Crippen LogP contribution in [0.1, 0.15) is 127 Å². The molecule has 0 bridgehead atoms. The largest absolute Gasteiger partial charge is 0.480 e. The van der Waals surface area contributed by atoms with Gasteiger partial charge in [-0.3, -0.25) is 72.1 Å². The van der Waals surface area contributed by atoms with Gasteiger partial charge in [0.1, 0.15) is 54.4 Å². The molecule has 5 aromatic carbocycles. The molecule has 1 fully saturated rings. The van der Waals surface area contributed by atoms with Gasteiger partial charge in [0.2, 0.25) is 65.0 Å². The molecule has 598 valence electrons. The number of carbonyl (C=O) groups is 14. The molecule has 0 radical (unpaired) electrons. The van der Waals surface area contributed by atoms with Crippen molar-refractivity contribution in [1.29, 1.82) is 0 Å². The number of amides is 13. The average molecular weight is 1560 g/mol. The fraction of sp³-hybridized carbons (Fsp3) is 0.412. The summed E-state index contributed by atoms with van der Waals surface area (Å²) in [4.78, 5) is 200. The summed E-state index contributed by atoms with van der Waals surface area (Å²) >= 11 is 6.24. The summed E-state index contributed by atoms with van der Waals surface area (Å²) < 4.78 is 0. The van der Waals surface area contributed by atoms with Crippen molar-refractivity contribution in [3.63, 3.8) is 0 Å². The van der Waals surface area contributed by atoms with Gasteiger partial charge in [-0.25, -0.2) is 0 Å². The Morgan fingerprint density at radius 1 is 0.500 bits per heavy atom. The molecule has 0 spiro atoms. The molecular formula is C80H100ClN15O16. The van der Waals surface area contributed by atoms with Gasteiger partial charge in [-0.05, 0) is 146 Å². The molecule has 2 heterocycles. The highest BCUT2D eigenvalue weighted by Crippen LogP contribution is 2.23. The summed E-state index contributed by atoms with van der Waals surface area (Å²) in [6.45, 7) is 12.2. The number of aliphatic hydroxyl groups excluding tert-OH is 1. The van der Waals surface area contributed by atoms with Crippen LogP contribution in [-0.2, 0) is 88.0 Å². The summed E-state index contributed by atoms with van der Waals surface area (Å²) in [6.07, 6.45) is 1.67. The van der Waals surface area contributed by atoms with Crippen molar-refractivity contribution in [3.8, 4) is 0 Å². The standard InChI is InChI=1S/C80H100ClN15O16/c1-45(2)37-62(71(102)88-61(18-11-12-35-83-46(3)4)79(110)96-36-14-19-68(96)77(108)84-47(5)80(111)112)89-72(103)63(39-52-22-30-59(31-23-52)85-48(6)98)90-73(104)64(40-53-24-32-60(33-25-53)86-49(7)99)92-76(107)67(44-97)94-75(106)66(41-54-15-13-34-82-43-54)91-74(105)65(38-51-20-28-58(81)29-21-51)93-78(109)69(87-50(8)100)95-70(101)57-27-26-55-16-9-10-17-56(55)42-57/h9-10,13,15-17,20-34,42-43,45-47,61-69,83,97H,11-12,14,18-19,35-41,44H2,1-8H3,(H,84,108)(H,85,98)(H,86,99)(H,87,100)(H,88,102)(H,89,103)(H,90,104)(H,91,105)(H,92,107)(H,93,109)(H,94,106)(H,95,101)(H,111,112)/t47-,61+,62+,63-,64+,65-,66-,67+,68+,69+/m1/s1. The van der Waals surface area contributed by atoms with Crippen LogP contribution in [-0.4, -0.2) is 189 Å². The third-order valence-corrected chi connectivity index (χ3v) is 18.4. The van der Waals surface area contributed by atoms with E-state index in [1.54, 1.807) is 111 Å². The van der Waals surface area contributed by atoms with E-state index in [4.69, 9.17) is 11.6 Å². The number of carbonyl (C=O) groups excluding carboxylic acids is 13. The fourth-order valence-corrected chi connectivity index (χ4v) is 12.6. The number of nitrogens with one attached hydrogen (secondary N) is 13. The van der Waals surface area contributed by atoms with Crippen LogP contribution < -0.4 is 69.1 Å². The molecule has 0 saturated carbocycles. The summed E-state index contributed by atoms with van der Waals surface area (Å²) in [5.74, 6) is -12.0. The average Bonchev–Trinajstić information content (AvgIpc) is 1.56. The van der Waals surface area contributed by atoms with Crippen LogP contribution >= 0.6 is 11.6 Å². The Bertz CT molecular complexity index is 4310. The third-order valence-electron chi connectivity index (χ3n) is 18.2. The van der Waals surface area contributed by atoms with E-state index in [-0.39, 0.29) is 80.8 Å². The zero-order valence-corrected chi connectivity index (χ0v) is 64.5. The molecule has 32 heteroatoms. The number of aromatic nitrogens is 1. The lowest BCUT2D eigenvalue weighted by Crippen LogP contribution is -2.62. The maximum Gasteiger partial charge on any atom is 0.325 e. The zero-order valence-electron chi connectivity index (χ0n) is 63.8. The minimum Gasteiger partial charge on any atom is -0.480 e. The number of benzene rings is 5. The van der Waals surface area contributed by atoms with Crippen LogP contribution in [0.15, 0.2) is 140 Å². The number of carboxylic acid groups (broad SMARTS) is 1. The van der Waals surface area contributed by atoms with Gasteiger partial charge in [0.15, 0.2) is 6.17 Å². The number of pyridine rings is 1. The molecule has 0 unspecified atom stereocenters. The van der Waals surface area contributed by atoms with Gasteiger partial charge in [0.25, 0.3) is 11.8 Å². The van der Waals surface area contributed by atoms with Crippen LogP contribution in [0.4, 0.5) is 11.4 Å². The van der Waals surface area contributed by atoms with Crippen LogP contribution in [0.25, 0.3) is 10.8 Å². The first-order valence-electron chi connectivity index (χ1n) is 37.1. The lowest BCUT2D eigenvalue weighted by molar-refractivity contribution is -0.144. The number of likely N-dealkylation sites (tertiary alicyclic amines) is 1. The monoisotopic (exact) mass is 1560 g/mol. The number of nitrogens with zero attached hydrogens (tertiary/aromatic N) is 2. The highest BCUT2D eigenvalue weighted by Gasteiger charge is 2.41. The first-order chi connectivity index (χ1) is 53.3. The molecule has 31 nitrogen and oxygen atoms in total. The quantitative estimate of drug-likeness (QED) is 0.0194. The number of unbranched alkanes of at least 4 members (excludes halogenated alkanes) is 1. The predicted octanol–water partition coefficient (Wildman–Crippen LogP) is 3.15. The Balaban J connectivity index is 1.18. The van der Waals surface area contributed by atoms with Gasteiger partial charge in [-0.2, -0.15) is 0 Å². The molecule has 1 aromatic heterocycles. The number of halogens is 1. The summed E-state index contributed by atoms with van der Waals surface area (Å²) in [7, 11) is 0. The molecule has 1 saturated heterocycles. The van der Waals surface area contributed by atoms with Crippen molar-refractivity contribution in [1.82, 2.24) is 68.4 Å². The molecule has 112 heavy (non-hydrogen) atoms. The van der Waals surface area contributed by atoms with Crippen LogP contribution in [0.2, 0.25) is 5.02 Å². The van der Waals surface area contributed by atoms with Crippen molar-refractivity contribution in [2.75, 3.05) is 30.3 Å². The molecular weight excluding hydrogens is 1460 g/mol. The smallest absolute Gasteiger partial charge is 0.325 e. The number of hydrogen-bond donors (Lipinski definition) is 15. The summed E-state index contributed by atoms with van der Waals surface area (Å²) in [6, 6.07) is 20.8. The number of aliphatic carboxylic acids is 1. The van der Waals surface area contributed by atoms with E-state index in [2.05, 4.69) is 74.1 Å². The summed E-state index contributed by atoms with van der Waals surface area (Å²) in [5.41, 5.74) is 2.57. The topological polar surface area (TPSA) is 452 Å². The highest BCUT2D eigenvalue weighted by molar-refractivity contribution is 6.30. The second kappa shape index (κ2) is 43.0. The number of fused-ring (bicyclic) bond motifs is 1. The number of rotatable bonds is 40. The van der Waals surface area contributed by atoms with Crippen LogP contribution in [0.3, 0.4) is 0 Å². The molecule has 6 aromatic rings. The normalized spacial score (nSPS) is 14.9. The minimum absolute atomic E-state index is 0.00543. The fourth-order valence-electron chi connectivity index (χ4n) is 12.5. The Labute approximate surface area is 654 Å². The number of aliphatic hydroxyl groups is 1. The van der Waals surface area contributed by atoms with Crippen molar-refractivity contribution in [2.45, 2.75) is 186 Å². The Morgan fingerprint density at radius 3 is 1.47 bits per heavy atom. The van der Waals surface area contributed by atoms with Crippen LogP contribution in [0, 0.1) is 5.92 Å². The molecule has 13 amide bonds. The van der Waals surface area contributed by atoms with Gasteiger partial charge in [0, 0.05) is 93.4 Å². The minimum atomic E-state index is -1.90. The SMILES string of the molecule is CC(=O)Nc1ccc(C[C@H](NC(=O)[C@H](CO)NC(=O)[C@@H](Cc2cccnc2)NC(=O)[C@@H](Cc2ccc(Cl)cc2)NC(=O)[C@@H](NC(C)=O)NC(=O)c2ccc3ccccc3c2)C(=O)N[C@H](Cc2ccc(NC(C)=O)cc2)C(=O)N[C@@H](CC(C)C)C(=O)N[C@@H](CCCCNC(C)C)C(=O)N2CCC[C@H]2C(=O)N[C@H](C)C(=O)O)cc1. The number of anilines is 2. The molecule has 1 aliphatic heterocycles.